The molecule has 1 aromatic rings. The van der Waals surface area contributed by atoms with Gasteiger partial charge in [0.05, 0.1) is 20.8 Å². The normalized spacial score (nSPS) is 10.0. The summed E-state index contributed by atoms with van der Waals surface area (Å²) in [5.41, 5.74) is 1.15. The summed E-state index contributed by atoms with van der Waals surface area (Å²) in [5, 5.41) is 5.51. The first-order chi connectivity index (χ1) is 10.2. The molecule has 0 fully saturated rings. The van der Waals surface area contributed by atoms with Crippen molar-refractivity contribution in [2.45, 2.75) is 12.8 Å². The Bertz CT molecular complexity index is 438. The smallest absolute Gasteiger partial charge is 0.314 e. The number of hydrogen-bond donors (Lipinski definition) is 2. The number of carbonyl (C=O) groups is 1. The third kappa shape index (κ3) is 6.35. The lowest BCUT2D eigenvalue weighted by atomic mass is 10.1. The zero-order valence-electron chi connectivity index (χ0n) is 12.9. The second-order valence-corrected chi connectivity index (χ2v) is 4.47. The minimum atomic E-state index is -0.167. The van der Waals surface area contributed by atoms with Crippen molar-refractivity contribution in [3.63, 3.8) is 0 Å². The molecule has 0 aliphatic carbocycles. The topological polar surface area (TPSA) is 68.8 Å². The van der Waals surface area contributed by atoms with Crippen LogP contribution in [0.3, 0.4) is 0 Å². The van der Waals surface area contributed by atoms with E-state index >= 15 is 0 Å². The summed E-state index contributed by atoms with van der Waals surface area (Å²) in [6, 6.07) is 5.68. The molecule has 0 heterocycles. The van der Waals surface area contributed by atoms with Gasteiger partial charge in [0.2, 0.25) is 0 Å². The molecule has 1 aromatic carbocycles. The molecule has 0 atom stereocenters. The highest BCUT2D eigenvalue weighted by molar-refractivity contribution is 5.73. The zero-order chi connectivity index (χ0) is 15.5. The second kappa shape index (κ2) is 9.88. The first kappa shape index (κ1) is 17.1. The third-order valence-corrected chi connectivity index (χ3v) is 2.97. The van der Waals surface area contributed by atoms with E-state index < -0.39 is 0 Å². The maximum atomic E-state index is 11.4. The van der Waals surface area contributed by atoms with Crippen LogP contribution in [0.15, 0.2) is 18.2 Å². The fourth-order valence-corrected chi connectivity index (χ4v) is 1.86. The fraction of sp³-hybridized carbons (Fsp3) is 0.533. The summed E-state index contributed by atoms with van der Waals surface area (Å²) in [4.78, 5) is 11.4. The maximum Gasteiger partial charge on any atom is 0.314 e. The molecule has 6 nitrogen and oxygen atoms in total. The Morgan fingerprint density at radius 1 is 1.05 bits per heavy atom. The van der Waals surface area contributed by atoms with Gasteiger partial charge in [-0.3, -0.25) is 0 Å². The molecule has 2 amide bonds. The van der Waals surface area contributed by atoms with Crippen LogP contribution in [0, 0.1) is 0 Å². The van der Waals surface area contributed by atoms with E-state index in [2.05, 4.69) is 10.6 Å². The van der Waals surface area contributed by atoms with E-state index in [-0.39, 0.29) is 6.03 Å². The van der Waals surface area contributed by atoms with E-state index in [9.17, 15) is 4.79 Å². The number of hydrogen-bond acceptors (Lipinski definition) is 4. The van der Waals surface area contributed by atoms with Gasteiger partial charge >= 0.3 is 6.03 Å². The summed E-state index contributed by atoms with van der Waals surface area (Å²) in [6.45, 7) is 1.64. The molecular formula is C15H24N2O4. The van der Waals surface area contributed by atoms with Crippen LogP contribution in [0.1, 0.15) is 12.0 Å². The van der Waals surface area contributed by atoms with E-state index in [0.717, 1.165) is 29.9 Å². The molecule has 0 unspecified atom stereocenters. The molecule has 0 saturated carbocycles. The van der Waals surface area contributed by atoms with Crippen molar-refractivity contribution < 1.29 is 19.0 Å². The van der Waals surface area contributed by atoms with Crippen LogP contribution in [0.5, 0.6) is 11.5 Å². The number of amides is 2. The molecule has 0 aliphatic rings. The molecule has 0 bridgehead atoms. The van der Waals surface area contributed by atoms with Crippen LogP contribution in [0.25, 0.3) is 0 Å². The van der Waals surface area contributed by atoms with Gasteiger partial charge in [-0.1, -0.05) is 6.07 Å². The summed E-state index contributed by atoms with van der Waals surface area (Å²) in [7, 11) is 4.83. The molecule has 21 heavy (non-hydrogen) atoms. The minimum Gasteiger partial charge on any atom is -0.493 e. The minimum absolute atomic E-state index is 0.167. The summed E-state index contributed by atoms with van der Waals surface area (Å²) in [5.74, 6) is 1.44. The molecule has 0 radical (unpaired) electrons. The predicted molar refractivity (Wildman–Crippen MR) is 81.1 cm³/mol. The average molecular weight is 296 g/mol. The number of rotatable bonds is 9. The fourth-order valence-electron chi connectivity index (χ4n) is 1.86. The number of benzene rings is 1. The Morgan fingerprint density at radius 2 is 1.76 bits per heavy atom. The molecular weight excluding hydrogens is 272 g/mol. The summed E-state index contributed by atoms with van der Waals surface area (Å²) >= 11 is 0. The van der Waals surface area contributed by atoms with Crippen molar-refractivity contribution in [1.29, 1.82) is 0 Å². The average Bonchev–Trinajstić information content (AvgIpc) is 2.51. The molecule has 0 aliphatic heterocycles. The summed E-state index contributed by atoms with van der Waals surface area (Å²) < 4.78 is 15.3. The molecule has 2 N–H and O–H groups in total. The highest BCUT2D eigenvalue weighted by atomic mass is 16.5. The predicted octanol–water partition coefficient (Wildman–Crippen LogP) is 1.58. The van der Waals surface area contributed by atoms with Crippen LogP contribution in [-0.4, -0.2) is 47.1 Å². The van der Waals surface area contributed by atoms with Crippen molar-refractivity contribution in [2.75, 3.05) is 41.0 Å². The van der Waals surface area contributed by atoms with Gasteiger partial charge in [-0.05, 0) is 30.5 Å². The van der Waals surface area contributed by atoms with Crippen molar-refractivity contribution in [3.8, 4) is 11.5 Å². The van der Waals surface area contributed by atoms with Crippen molar-refractivity contribution in [1.82, 2.24) is 10.6 Å². The highest BCUT2D eigenvalue weighted by Gasteiger charge is 2.04. The van der Waals surface area contributed by atoms with Gasteiger partial charge in [0.1, 0.15) is 0 Å². The number of methoxy groups -OCH3 is 3. The number of urea groups is 1. The molecule has 118 valence electrons. The number of ether oxygens (including phenoxy) is 3. The second-order valence-electron chi connectivity index (χ2n) is 4.47. The highest BCUT2D eigenvalue weighted by Crippen LogP contribution is 2.27. The molecule has 6 heteroatoms. The van der Waals surface area contributed by atoms with Gasteiger partial charge in [-0.25, -0.2) is 4.79 Å². The van der Waals surface area contributed by atoms with Gasteiger partial charge in [-0.15, -0.1) is 0 Å². The number of carbonyl (C=O) groups excluding carboxylic acids is 1. The van der Waals surface area contributed by atoms with Crippen molar-refractivity contribution in [3.05, 3.63) is 23.8 Å². The van der Waals surface area contributed by atoms with Crippen molar-refractivity contribution >= 4 is 6.03 Å². The third-order valence-electron chi connectivity index (χ3n) is 2.97. The molecule has 0 aromatic heterocycles. The Balaban J connectivity index is 2.28. The van der Waals surface area contributed by atoms with Crippen molar-refractivity contribution in [2.24, 2.45) is 0 Å². The molecule has 1 rings (SSSR count). The lowest BCUT2D eigenvalue weighted by Gasteiger charge is -2.10. The number of aryl methyl sites for hydroxylation is 1. The molecule has 0 spiro atoms. The Morgan fingerprint density at radius 3 is 2.43 bits per heavy atom. The van der Waals surface area contributed by atoms with E-state index in [1.807, 2.05) is 18.2 Å². The Labute approximate surface area is 125 Å². The monoisotopic (exact) mass is 296 g/mol. The Kier molecular flexibility index (Phi) is 8.04. The quantitative estimate of drug-likeness (QED) is 0.679. The van der Waals surface area contributed by atoms with Crippen LogP contribution in [-0.2, 0) is 11.2 Å². The van der Waals surface area contributed by atoms with Gasteiger partial charge in [0.15, 0.2) is 11.5 Å². The van der Waals surface area contributed by atoms with E-state index in [0.29, 0.717) is 19.7 Å². The SMILES string of the molecule is COCCNC(=O)NCCCc1ccc(OC)c(OC)c1. The molecule has 0 saturated heterocycles. The van der Waals surface area contributed by atoms with Crippen LogP contribution in [0.2, 0.25) is 0 Å². The first-order valence-corrected chi connectivity index (χ1v) is 6.92. The van der Waals surface area contributed by atoms with Crippen LogP contribution in [0.4, 0.5) is 4.79 Å². The number of nitrogens with one attached hydrogen (secondary N) is 2. The van der Waals surface area contributed by atoms with Crippen LogP contribution < -0.4 is 20.1 Å². The van der Waals surface area contributed by atoms with Gasteiger partial charge in [-0.2, -0.15) is 0 Å². The lowest BCUT2D eigenvalue weighted by Crippen LogP contribution is -2.37. The lowest BCUT2D eigenvalue weighted by molar-refractivity contribution is 0.196. The largest absolute Gasteiger partial charge is 0.493 e. The maximum absolute atomic E-state index is 11.4. The van der Waals surface area contributed by atoms with E-state index in [1.165, 1.54) is 0 Å². The van der Waals surface area contributed by atoms with Gasteiger partial charge in [0.25, 0.3) is 0 Å². The zero-order valence-corrected chi connectivity index (χ0v) is 12.9. The first-order valence-electron chi connectivity index (χ1n) is 6.92. The van der Waals surface area contributed by atoms with Gasteiger partial charge < -0.3 is 24.8 Å². The summed E-state index contributed by atoms with van der Waals surface area (Å²) in [6.07, 6.45) is 1.71. The van der Waals surface area contributed by atoms with E-state index in [4.69, 9.17) is 14.2 Å². The Hall–Kier alpha value is -1.95. The van der Waals surface area contributed by atoms with E-state index in [1.54, 1.807) is 21.3 Å². The van der Waals surface area contributed by atoms with Gasteiger partial charge in [0, 0.05) is 20.2 Å². The standard InChI is InChI=1S/C15H24N2O4/c1-19-10-9-17-15(18)16-8-4-5-12-6-7-13(20-2)14(11-12)21-3/h6-7,11H,4-5,8-10H2,1-3H3,(H2,16,17,18). The van der Waals surface area contributed by atoms with Crippen LogP contribution >= 0.6 is 0 Å².